The molecular weight excluding hydrogens is 498 g/mol. The highest BCUT2D eigenvalue weighted by atomic mass is 15.1. The average Bonchev–Trinajstić information content (AvgIpc) is 3.03. The Morgan fingerprint density at radius 2 is 1.29 bits per heavy atom. The van der Waals surface area contributed by atoms with Gasteiger partial charge in [-0.1, -0.05) is 121 Å². The van der Waals surface area contributed by atoms with Crippen LogP contribution in [0.25, 0.3) is 21.5 Å². The van der Waals surface area contributed by atoms with Crippen LogP contribution in [0, 0.1) is 0 Å². The van der Waals surface area contributed by atoms with Crippen molar-refractivity contribution < 1.29 is 0 Å². The smallest absolute Gasteiger partial charge is 0.0842 e. The van der Waals surface area contributed by atoms with Crippen molar-refractivity contribution in [1.82, 2.24) is 10.6 Å². The van der Waals surface area contributed by atoms with Crippen molar-refractivity contribution in [1.29, 1.82) is 0 Å². The average molecular weight is 536 g/mol. The number of fused-ring (bicyclic) bond motifs is 2. The van der Waals surface area contributed by atoms with Gasteiger partial charge in [-0.05, 0) is 81.3 Å². The van der Waals surface area contributed by atoms with Crippen molar-refractivity contribution in [2.45, 2.75) is 38.5 Å². The van der Waals surface area contributed by atoms with Gasteiger partial charge in [-0.2, -0.15) is 0 Å². The normalized spacial score (nSPS) is 12.9. The Bertz CT molecular complexity index is 1740. The molecule has 6 rings (SSSR count). The van der Waals surface area contributed by atoms with Crippen LogP contribution in [0.1, 0.15) is 46.9 Å². The van der Waals surface area contributed by atoms with Gasteiger partial charge in [0.05, 0.1) is 6.17 Å². The number of aryl methyl sites for hydroxylation is 2. The molecule has 0 amide bonds. The predicted molar refractivity (Wildman–Crippen MR) is 174 cm³/mol. The third kappa shape index (κ3) is 6.33. The Labute approximate surface area is 243 Å². The third-order valence-corrected chi connectivity index (χ3v) is 8.07. The fourth-order valence-corrected chi connectivity index (χ4v) is 5.72. The summed E-state index contributed by atoms with van der Waals surface area (Å²) < 4.78 is 0. The molecule has 0 saturated heterocycles. The van der Waals surface area contributed by atoms with Crippen LogP contribution in [0.5, 0.6) is 0 Å². The molecule has 0 saturated carbocycles. The molecule has 0 radical (unpaired) electrons. The minimum atomic E-state index is 0.0195. The Kier molecular flexibility index (Phi) is 8.09. The zero-order chi connectivity index (χ0) is 28.0. The third-order valence-electron chi connectivity index (χ3n) is 8.07. The Balaban J connectivity index is 1.20. The van der Waals surface area contributed by atoms with Crippen molar-refractivity contribution in [3.8, 4) is 0 Å². The van der Waals surface area contributed by atoms with E-state index < -0.39 is 0 Å². The van der Waals surface area contributed by atoms with Crippen molar-refractivity contribution in [3.63, 3.8) is 0 Å². The minimum absolute atomic E-state index is 0.0195. The van der Waals surface area contributed by atoms with Crippen molar-refractivity contribution in [2.75, 3.05) is 5.73 Å². The monoisotopic (exact) mass is 535 g/mol. The molecular formula is C38H37N3. The molecule has 2 atom stereocenters. The van der Waals surface area contributed by atoms with E-state index in [4.69, 9.17) is 5.73 Å². The van der Waals surface area contributed by atoms with Gasteiger partial charge in [-0.3, -0.25) is 10.6 Å². The zero-order valence-corrected chi connectivity index (χ0v) is 23.6. The number of hydrogen-bond donors (Lipinski definition) is 3. The Morgan fingerprint density at radius 3 is 2.10 bits per heavy atom. The van der Waals surface area contributed by atoms with Gasteiger partial charge in [-0.25, -0.2) is 0 Å². The van der Waals surface area contributed by atoms with Gasteiger partial charge >= 0.3 is 0 Å². The molecule has 2 unspecified atom stereocenters. The second-order valence-electron chi connectivity index (χ2n) is 10.9. The molecule has 0 bridgehead atoms. The van der Waals surface area contributed by atoms with Crippen molar-refractivity contribution in [3.05, 3.63) is 161 Å². The summed E-state index contributed by atoms with van der Waals surface area (Å²) in [6, 6.07) is 47.6. The summed E-state index contributed by atoms with van der Waals surface area (Å²) in [4.78, 5) is 0. The molecule has 6 aromatic rings. The van der Waals surface area contributed by atoms with Crippen LogP contribution in [0.2, 0.25) is 0 Å². The van der Waals surface area contributed by atoms with Gasteiger partial charge in [0, 0.05) is 18.3 Å². The van der Waals surface area contributed by atoms with E-state index in [2.05, 4.69) is 151 Å². The minimum Gasteiger partial charge on any atom is -0.398 e. The lowest BCUT2D eigenvalue weighted by Crippen LogP contribution is -2.35. The van der Waals surface area contributed by atoms with Crippen LogP contribution in [0.4, 0.5) is 5.69 Å². The molecule has 3 heteroatoms. The maximum atomic E-state index is 6.53. The predicted octanol–water partition coefficient (Wildman–Crippen LogP) is 8.50. The van der Waals surface area contributed by atoms with Gasteiger partial charge in [0.25, 0.3) is 0 Å². The summed E-state index contributed by atoms with van der Waals surface area (Å²) in [6.07, 6.45) is 1.89. The number of hydrogen-bond acceptors (Lipinski definition) is 3. The molecule has 4 N–H and O–H groups in total. The fraction of sp³-hybridized carbons (Fsp3) is 0.158. The lowest BCUT2D eigenvalue weighted by Gasteiger charge is -2.26. The Hall–Kier alpha value is -4.44. The van der Waals surface area contributed by atoms with E-state index in [1.54, 1.807) is 0 Å². The molecule has 0 fully saturated rings. The summed E-state index contributed by atoms with van der Waals surface area (Å²) in [5.41, 5.74) is 13.7. The fourth-order valence-electron chi connectivity index (χ4n) is 5.72. The van der Waals surface area contributed by atoms with Gasteiger partial charge in [0.2, 0.25) is 0 Å². The van der Waals surface area contributed by atoms with E-state index in [-0.39, 0.29) is 12.2 Å². The number of anilines is 1. The summed E-state index contributed by atoms with van der Waals surface area (Å²) in [5, 5.41) is 12.6. The zero-order valence-electron chi connectivity index (χ0n) is 23.6. The van der Waals surface area contributed by atoms with E-state index in [0.717, 1.165) is 25.1 Å². The van der Waals surface area contributed by atoms with Gasteiger partial charge in [0.1, 0.15) is 0 Å². The van der Waals surface area contributed by atoms with Crippen molar-refractivity contribution >= 4 is 27.2 Å². The lowest BCUT2D eigenvalue weighted by molar-refractivity contribution is 0.394. The van der Waals surface area contributed by atoms with Crippen molar-refractivity contribution in [2.24, 2.45) is 0 Å². The van der Waals surface area contributed by atoms with Crippen LogP contribution < -0.4 is 16.4 Å². The first-order chi connectivity index (χ1) is 20.1. The quantitative estimate of drug-likeness (QED) is 0.122. The Morgan fingerprint density at radius 1 is 0.585 bits per heavy atom. The summed E-state index contributed by atoms with van der Waals surface area (Å²) in [6.45, 7) is 3.02. The number of nitrogen functional groups attached to an aromatic ring is 1. The first kappa shape index (κ1) is 26.8. The molecule has 6 aromatic carbocycles. The molecule has 0 aliphatic carbocycles. The van der Waals surface area contributed by atoms with Crippen LogP contribution in [-0.4, -0.2) is 0 Å². The number of rotatable bonds is 10. The molecule has 3 nitrogen and oxygen atoms in total. The van der Waals surface area contributed by atoms with E-state index in [0.29, 0.717) is 0 Å². The highest BCUT2D eigenvalue weighted by Gasteiger charge is 2.16. The number of nitrogens with one attached hydrogen (secondary N) is 2. The van der Waals surface area contributed by atoms with E-state index in [1.807, 2.05) is 0 Å². The molecule has 0 aliphatic heterocycles. The number of benzene rings is 6. The second kappa shape index (κ2) is 12.4. The topological polar surface area (TPSA) is 50.1 Å². The molecule has 0 heterocycles. The van der Waals surface area contributed by atoms with Crippen LogP contribution in [0.15, 0.2) is 133 Å². The maximum Gasteiger partial charge on any atom is 0.0842 e. The van der Waals surface area contributed by atoms with E-state index >= 15 is 0 Å². The second-order valence-corrected chi connectivity index (χ2v) is 10.9. The highest BCUT2D eigenvalue weighted by Crippen LogP contribution is 2.29. The SMILES string of the molecule is CC(NC(NCc1ccccc1)c1ccccc1)c1ccc2c(CCc3ccc4ccccc4c3)c(N)ccc2c1. The van der Waals surface area contributed by atoms with Gasteiger partial charge in [-0.15, -0.1) is 0 Å². The van der Waals surface area contributed by atoms with Gasteiger partial charge in [0.15, 0.2) is 0 Å². The summed E-state index contributed by atoms with van der Waals surface area (Å²) >= 11 is 0. The summed E-state index contributed by atoms with van der Waals surface area (Å²) in [7, 11) is 0. The number of nitrogens with two attached hydrogens (primary N) is 1. The standard InChI is InChI=1S/C38H37N3/c1-27(41-38(31-13-6-3-7-14-31)40-26-29-10-4-2-5-11-29)32-19-22-35-34(25-32)20-23-37(39)36(35)21-17-28-16-18-30-12-8-9-15-33(30)24-28/h2-16,18-20,22-25,27,38,40-41H,17,21,26,39H2,1H3. The lowest BCUT2D eigenvalue weighted by atomic mass is 9.94. The molecule has 204 valence electrons. The largest absolute Gasteiger partial charge is 0.398 e. The maximum absolute atomic E-state index is 6.53. The van der Waals surface area contributed by atoms with Crippen LogP contribution >= 0.6 is 0 Å². The van der Waals surface area contributed by atoms with Gasteiger partial charge < -0.3 is 5.73 Å². The molecule has 0 aromatic heterocycles. The first-order valence-corrected chi connectivity index (χ1v) is 14.5. The van der Waals surface area contributed by atoms with E-state index in [9.17, 15) is 0 Å². The molecule has 41 heavy (non-hydrogen) atoms. The van der Waals surface area contributed by atoms with Crippen LogP contribution in [0.3, 0.4) is 0 Å². The molecule has 0 spiro atoms. The summed E-state index contributed by atoms with van der Waals surface area (Å²) in [5.74, 6) is 0. The van der Waals surface area contributed by atoms with E-state index in [1.165, 1.54) is 49.4 Å². The molecule has 0 aliphatic rings. The first-order valence-electron chi connectivity index (χ1n) is 14.5. The van der Waals surface area contributed by atoms with Crippen LogP contribution in [-0.2, 0) is 19.4 Å². The highest BCUT2D eigenvalue weighted by molar-refractivity contribution is 5.90.